The molecule has 0 radical (unpaired) electrons. The molecule has 0 amide bonds. The Kier molecular flexibility index (Phi) is 7.29. The Morgan fingerprint density at radius 1 is 1.17 bits per heavy atom. The maximum absolute atomic E-state index is 14.9. The Labute approximate surface area is 216 Å². The summed E-state index contributed by atoms with van der Waals surface area (Å²) in [6.45, 7) is 3.88. The van der Waals surface area contributed by atoms with E-state index in [2.05, 4.69) is 4.99 Å². The molecule has 0 bridgehead atoms. The summed E-state index contributed by atoms with van der Waals surface area (Å²) in [5.74, 6) is -1.62. The summed E-state index contributed by atoms with van der Waals surface area (Å²) in [6, 6.07) is 2.07. The lowest BCUT2D eigenvalue weighted by Crippen LogP contribution is -2.54. The summed E-state index contributed by atoms with van der Waals surface area (Å²) in [5.41, 5.74) is -3.55. The number of fused-ring (bicyclic) bond motifs is 1. The summed E-state index contributed by atoms with van der Waals surface area (Å²) in [5, 5.41) is -0.264. The maximum Gasteiger partial charge on any atom is 0.341 e. The van der Waals surface area contributed by atoms with Gasteiger partial charge in [0, 0.05) is 20.1 Å². The number of aromatic nitrogens is 5. The molecule has 0 saturated carbocycles. The Hall–Kier alpha value is -3.10. The molecule has 1 aliphatic rings. The van der Waals surface area contributed by atoms with Crippen LogP contribution >= 0.6 is 35.2 Å². The molecular formula is C21H22ClFN6O5S2. The average molecular weight is 557 g/mol. The average Bonchev–Trinajstić information content (AvgIpc) is 3.13. The molecule has 0 atom stereocenters. The van der Waals surface area contributed by atoms with E-state index in [-0.39, 0.29) is 16.4 Å². The number of halogens is 2. The second kappa shape index (κ2) is 10.1. The van der Waals surface area contributed by atoms with Gasteiger partial charge < -0.3 is 4.74 Å². The number of esters is 1. The van der Waals surface area contributed by atoms with Crippen molar-refractivity contribution in [1.82, 2.24) is 23.1 Å². The lowest BCUT2D eigenvalue weighted by Gasteiger charge is -2.16. The highest BCUT2D eigenvalue weighted by atomic mass is 35.5. The number of nitrogens with zero attached hydrogens (tertiary/aromatic N) is 6. The molecule has 0 saturated heterocycles. The smallest absolute Gasteiger partial charge is 0.341 e. The SMILES string of the molecule is CC(C)OC(=O)Cn1c(=O)n(C)c(=O)n(-c2cc(N=c3sc(=S)n4n3CCCC4)c(F)cc2Cl)c1=O. The summed E-state index contributed by atoms with van der Waals surface area (Å²) in [4.78, 5) is 55.7. The van der Waals surface area contributed by atoms with Crippen LogP contribution in [0.5, 0.6) is 0 Å². The highest BCUT2D eigenvalue weighted by Crippen LogP contribution is 2.28. The lowest BCUT2D eigenvalue weighted by molar-refractivity contribution is -0.148. The molecule has 1 aliphatic heterocycles. The fourth-order valence-corrected chi connectivity index (χ4v) is 5.31. The Morgan fingerprint density at radius 3 is 2.50 bits per heavy atom. The van der Waals surface area contributed by atoms with Gasteiger partial charge in [0.1, 0.15) is 12.2 Å². The zero-order valence-electron chi connectivity index (χ0n) is 19.6. The quantitative estimate of drug-likeness (QED) is 0.350. The zero-order valence-corrected chi connectivity index (χ0v) is 22.0. The van der Waals surface area contributed by atoms with Gasteiger partial charge >= 0.3 is 23.0 Å². The van der Waals surface area contributed by atoms with Crippen LogP contribution < -0.4 is 21.9 Å². The fourth-order valence-electron chi connectivity index (χ4n) is 3.77. The van der Waals surface area contributed by atoms with Crippen molar-refractivity contribution in [2.75, 3.05) is 0 Å². The first-order valence-corrected chi connectivity index (χ1v) is 12.6. The largest absolute Gasteiger partial charge is 0.462 e. The molecule has 36 heavy (non-hydrogen) atoms. The monoisotopic (exact) mass is 556 g/mol. The van der Waals surface area contributed by atoms with E-state index in [1.807, 2.05) is 9.36 Å². The van der Waals surface area contributed by atoms with Gasteiger partial charge in [-0.15, -0.1) is 0 Å². The number of ether oxygens (including phenoxy) is 1. The van der Waals surface area contributed by atoms with Crippen LogP contribution in [0.4, 0.5) is 10.1 Å². The lowest BCUT2D eigenvalue weighted by atomic mass is 10.2. The van der Waals surface area contributed by atoms with Crippen molar-refractivity contribution < 1.29 is 13.9 Å². The molecule has 0 aliphatic carbocycles. The van der Waals surface area contributed by atoms with Crippen molar-refractivity contribution in [3.8, 4) is 5.69 Å². The van der Waals surface area contributed by atoms with Gasteiger partial charge in [-0.1, -0.05) is 22.9 Å². The van der Waals surface area contributed by atoms with Crippen molar-refractivity contribution in [1.29, 1.82) is 0 Å². The second-order valence-corrected chi connectivity index (χ2v) is 10.3. The topological polar surface area (TPSA) is 115 Å². The van der Waals surface area contributed by atoms with Gasteiger partial charge in [0.2, 0.25) is 4.80 Å². The van der Waals surface area contributed by atoms with Gasteiger partial charge in [0.25, 0.3) is 0 Å². The normalized spacial score (nSPS) is 13.8. The van der Waals surface area contributed by atoms with Gasteiger partial charge in [0.15, 0.2) is 9.77 Å². The molecule has 192 valence electrons. The maximum atomic E-state index is 14.9. The highest BCUT2D eigenvalue weighted by Gasteiger charge is 2.21. The number of rotatable bonds is 5. The number of carbonyl (C=O) groups is 1. The zero-order chi connectivity index (χ0) is 26.3. The first-order valence-electron chi connectivity index (χ1n) is 11.0. The van der Waals surface area contributed by atoms with Gasteiger partial charge in [-0.25, -0.2) is 37.5 Å². The van der Waals surface area contributed by atoms with E-state index in [1.165, 1.54) is 11.3 Å². The number of hydrogen-bond acceptors (Lipinski definition) is 8. The molecule has 3 aromatic rings. The van der Waals surface area contributed by atoms with Gasteiger partial charge in [-0.3, -0.25) is 14.2 Å². The molecule has 0 fully saturated rings. The first-order chi connectivity index (χ1) is 17.0. The third-order valence-corrected chi connectivity index (χ3v) is 7.07. The van der Waals surface area contributed by atoms with Crippen molar-refractivity contribution in [2.24, 2.45) is 12.0 Å². The standard InChI is InChI=1S/C21H22ClFN6O5S2/c1-11(2)34-16(30)10-26-18(31)25(3)19(32)29(20(26)33)15-9-14(13(23)8-12(15)22)24-17-27-6-4-5-7-28(27)21(35)36-17/h8-9,11H,4-7,10H2,1-3H3. The fraction of sp³-hybridized carbons (Fsp3) is 0.429. The van der Waals surface area contributed by atoms with Crippen molar-refractivity contribution in [3.05, 3.63) is 63.2 Å². The van der Waals surface area contributed by atoms with E-state index in [9.17, 15) is 23.6 Å². The molecule has 2 aromatic heterocycles. The summed E-state index contributed by atoms with van der Waals surface area (Å²) >= 11 is 12.8. The van der Waals surface area contributed by atoms with Crippen LogP contribution in [0.25, 0.3) is 5.69 Å². The van der Waals surface area contributed by atoms with Crippen LogP contribution in [0.2, 0.25) is 5.02 Å². The molecule has 0 unspecified atom stereocenters. The van der Waals surface area contributed by atoms with Crippen molar-refractivity contribution >= 4 is 46.8 Å². The third kappa shape index (κ3) is 4.80. The van der Waals surface area contributed by atoms with Crippen LogP contribution in [0.3, 0.4) is 0 Å². The van der Waals surface area contributed by atoms with Crippen LogP contribution in [0.15, 0.2) is 31.5 Å². The second-order valence-electron chi connectivity index (χ2n) is 8.34. The molecule has 4 rings (SSSR count). The predicted molar refractivity (Wildman–Crippen MR) is 133 cm³/mol. The summed E-state index contributed by atoms with van der Waals surface area (Å²) in [6.07, 6.45) is 1.41. The molecule has 1 aromatic carbocycles. The minimum atomic E-state index is -1.13. The van der Waals surface area contributed by atoms with Gasteiger partial charge in [-0.2, -0.15) is 0 Å². The Bertz CT molecular complexity index is 1680. The molecule has 0 spiro atoms. The summed E-state index contributed by atoms with van der Waals surface area (Å²) in [7, 11) is 1.14. The van der Waals surface area contributed by atoms with Crippen molar-refractivity contribution in [2.45, 2.75) is 52.4 Å². The predicted octanol–water partition coefficient (Wildman–Crippen LogP) is 1.86. The van der Waals surface area contributed by atoms with Crippen LogP contribution in [0.1, 0.15) is 26.7 Å². The molecule has 3 heterocycles. The Morgan fingerprint density at radius 2 is 1.83 bits per heavy atom. The molecule has 15 heteroatoms. The van der Waals surface area contributed by atoms with Crippen molar-refractivity contribution in [3.63, 3.8) is 0 Å². The Balaban J connectivity index is 1.92. The molecular weight excluding hydrogens is 535 g/mol. The number of benzene rings is 1. The van der Waals surface area contributed by atoms with E-state index in [0.29, 0.717) is 29.0 Å². The third-order valence-electron chi connectivity index (χ3n) is 5.44. The van der Waals surface area contributed by atoms with Crippen LogP contribution in [-0.2, 0) is 36.2 Å². The highest BCUT2D eigenvalue weighted by molar-refractivity contribution is 7.73. The van der Waals surface area contributed by atoms with E-state index in [4.69, 9.17) is 28.6 Å². The van der Waals surface area contributed by atoms with E-state index >= 15 is 0 Å². The number of hydrogen-bond donors (Lipinski definition) is 0. The van der Waals surface area contributed by atoms with Gasteiger partial charge in [0.05, 0.1) is 16.8 Å². The van der Waals surface area contributed by atoms with E-state index in [0.717, 1.165) is 38.6 Å². The summed E-state index contributed by atoms with van der Waals surface area (Å²) < 4.78 is 26.0. The molecule has 11 nitrogen and oxygen atoms in total. The van der Waals surface area contributed by atoms with Crippen LogP contribution in [0, 0.1) is 9.77 Å². The van der Waals surface area contributed by atoms with E-state index < -0.39 is 41.5 Å². The minimum Gasteiger partial charge on any atom is -0.462 e. The minimum absolute atomic E-state index is 0.182. The van der Waals surface area contributed by atoms with E-state index in [1.54, 1.807) is 13.8 Å². The first kappa shape index (κ1) is 26.0. The van der Waals surface area contributed by atoms with Gasteiger partial charge in [-0.05, 0) is 51.0 Å². The molecule has 0 N–H and O–H groups in total. The number of carbonyl (C=O) groups excluding carboxylic acids is 1. The van der Waals surface area contributed by atoms with Crippen LogP contribution in [-0.4, -0.2) is 35.1 Å².